The van der Waals surface area contributed by atoms with E-state index in [0.29, 0.717) is 11.3 Å². The van der Waals surface area contributed by atoms with Gasteiger partial charge in [0.2, 0.25) is 0 Å². The smallest absolute Gasteiger partial charge is 0.344 e. The molecule has 0 aliphatic carbocycles. The van der Waals surface area contributed by atoms with Gasteiger partial charge in [0.25, 0.3) is 0 Å². The van der Waals surface area contributed by atoms with E-state index in [1.807, 2.05) is 19.1 Å². The molecule has 0 bridgehead atoms. The molecule has 5 nitrogen and oxygen atoms in total. The molecule has 1 atom stereocenters. The van der Waals surface area contributed by atoms with Gasteiger partial charge in [-0.2, -0.15) is 0 Å². The molecule has 0 spiro atoms. The number of benzene rings is 1. The molecule has 118 valence electrons. The third-order valence-corrected chi connectivity index (χ3v) is 3.35. The first-order valence-corrected chi connectivity index (χ1v) is 7.72. The molecule has 5 heteroatoms. The summed E-state index contributed by atoms with van der Waals surface area (Å²) in [5.74, 6) is 0.186. The van der Waals surface area contributed by atoms with Crippen molar-refractivity contribution in [2.75, 3.05) is 6.61 Å². The minimum absolute atomic E-state index is 0.0741. The Morgan fingerprint density at radius 2 is 2.05 bits per heavy atom. The molecule has 0 amide bonds. The predicted octanol–water partition coefficient (Wildman–Crippen LogP) is 3.52. The summed E-state index contributed by atoms with van der Waals surface area (Å²) in [6.07, 6.45) is 7.43. The molecule has 1 unspecified atom stereocenters. The maximum atomic E-state index is 11.8. The Bertz CT molecular complexity index is 610. The fourth-order valence-electron chi connectivity index (χ4n) is 2.22. The Hall–Kier alpha value is -2.17. The van der Waals surface area contributed by atoms with Crippen molar-refractivity contribution in [1.82, 2.24) is 9.97 Å². The van der Waals surface area contributed by atoms with Crippen LogP contribution in [0.1, 0.15) is 39.5 Å². The number of unbranched alkanes of at least 4 members (excludes halogenated alkanes) is 2. The third kappa shape index (κ3) is 4.69. The van der Waals surface area contributed by atoms with E-state index in [-0.39, 0.29) is 18.7 Å². The average Bonchev–Trinajstić information content (AvgIpc) is 2.53. The first-order chi connectivity index (χ1) is 10.7. The lowest BCUT2D eigenvalue weighted by Gasteiger charge is -2.13. The number of para-hydroxylation sites is 1. The van der Waals surface area contributed by atoms with Crippen molar-refractivity contribution < 1.29 is 14.3 Å². The number of aromatic nitrogens is 2. The monoisotopic (exact) mass is 302 g/mol. The van der Waals surface area contributed by atoms with Crippen LogP contribution in [0.5, 0.6) is 5.75 Å². The minimum Gasteiger partial charge on any atom is -0.480 e. The van der Waals surface area contributed by atoms with E-state index in [1.54, 1.807) is 18.5 Å². The molecule has 0 saturated heterocycles. The van der Waals surface area contributed by atoms with Crippen LogP contribution in [-0.4, -0.2) is 28.6 Å². The summed E-state index contributed by atoms with van der Waals surface area (Å²) in [4.78, 5) is 20.2. The topological polar surface area (TPSA) is 61.3 Å². The fraction of sp³-hybridized carbons (Fsp3) is 0.471. The van der Waals surface area contributed by atoms with Crippen molar-refractivity contribution in [2.45, 2.75) is 45.6 Å². The van der Waals surface area contributed by atoms with Crippen LogP contribution in [0.4, 0.5) is 0 Å². The Balaban J connectivity index is 1.85. The zero-order valence-electron chi connectivity index (χ0n) is 13.1. The molecular weight excluding hydrogens is 280 g/mol. The van der Waals surface area contributed by atoms with E-state index < -0.39 is 0 Å². The summed E-state index contributed by atoms with van der Waals surface area (Å²) in [6, 6.07) is 5.45. The molecular formula is C17H22N2O3. The highest BCUT2D eigenvalue weighted by Gasteiger charge is 2.11. The summed E-state index contributed by atoms with van der Waals surface area (Å²) in [6.45, 7) is 3.95. The molecule has 2 rings (SSSR count). The minimum atomic E-state index is -0.357. The van der Waals surface area contributed by atoms with Gasteiger partial charge in [0, 0.05) is 12.4 Å². The van der Waals surface area contributed by atoms with Crippen LogP contribution in [0, 0.1) is 0 Å². The Morgan fingerprint density at radius 3 is 2.86 bits per heavy atom. The van der Waals surface area contributed by atoms with Crippen molar-refractivity contribution in [3.63, 3.8) is 0 Å². The second-order valence-corrected chi connectivity index (χ2v) is 5.27. The second kappa shape index (κ2) is 8.32. The zero-order chi connectivity index (χ0) is 15.8. The van der Waals surface area contributed by atoms with Gasteiger partial charge in [-0.1, -0.05) is 25.8 Å². The summed E-state index contributed by atoms with van der Waals surface area (Å²) in [7, 11) is 0. The van der Waals surface area contributed by atoms with Crippen molar-refractivity contribution in [3.8, 4) is 5.75 Å². The van der Waals surface area contributed by atoms with Crippen molar-refractivity contribution in [1.29, 1.82) is 0 Å². The summed E-state index contributed by atoms with van der Waals surface area (Å²) < 4.78 is 10.9. The van der Waals surface area contributed by atoms with E-state index in [9.17, 15) is 4.79 Å². The lowest BCUT2D eigenvalue weighted by Crippen LogP contribution is -2.20. The number of hydrogen-bond acceptors (Lipinski definition) is 5. The zero-order valence-corrected chi connectivity index (χ0v) is 13.1. The number of carbonyl (C=O) groups is 1. The van der Waals surface area contributed by atoms with Gasteiger partial charge in [0.05, 0.1) is 11.6 Å². The second-order valence-electron chi connectivity index (χ2n) is 5.27. The largest absolute Gasteiger partial charge is 0.480 e. The predicted molar refractivity (Wildman–Crippen MR) is 84.7 cm³/mol. The number of hydrogen-bond donors (Lipinski definition) is 0. The van der Waals surface area contributed by atoms with Crippen molar-refractivity contribution in [2.24, 2.45) is 0 Å². The van der Waals surface area contributed by atoms with Gasteiger partial charge >= 0.3 is 5.97 Å². The number of fused-ring (bicyclic) bond motifs is 1. The van der Waals surface area contributed by atoms with Crippen LogP contribution in [0.2, 0.25) is 0 Å². The van der Waals surface area contributed by atoms with Gasteiger partial charge in [-0.25, -0.2) is 9.78 Å². The van der Waals surface area contributed by atoms with Gasteiger partial charge < -0.3 is 9.47 Å². The van der Waals surface area contributed by atoms with Gasteiger partial charge in [0.15, 0.2) is 6.61 Å². The number of rotatable bonds is 8. The molecule has 0 N–H and O–H groups in total. The molecule has 0 aliphatic rings. The molecule has 0 radical (unpaired) electrons. The Labute approximate surface area is 130 Å². The molecule has 22 heavy (non-hydrogen) atoms. The molecule has 1 heterocycles. The lowest BCUT2D eigenvalue weighted by molar-refractivity contribution is -0.150. The molecule has 0 fully saturated rings. The lowest BCUT2D eigenvalue weighted by atomic mass is 10.1. The number of nitrogens with zero attached hydrogens (tertiary/aromatic N) is 2. The summed E-state index contributed by atoms with van der Waals surface area (Å²) in [5.41, 5.74) is 1.38. The fourth-order valence-corrected chi connectivity index (χ4v) is 2.22. The van der Waals surface area contributed by atoms with E-state index in [0.717, 1.165) is 31.2 Å². The highest BCUT2D eigenvalue weighted by atomic mass is 16.6. The molecule has 2 aromatic rings. The maximum Gasteiger partial charge on any atom is 0.344 e. The van der Waals surface area contributed by atoms with E-state index in [4.69, 9.17) is 9.47 Å². The van der Waals surface area contributed by atoms with Gasteiger partial charge in [-0.3, -0.25) is 4.98 Å². The molecule has 1 aromatic carbocycles. The highest BCUT2D eigenvalue weighted by Crippen LogP contribution is 2.21. The van der Waals surface area contributed by atoms with E-state index in [2.05, 4.69) is 16.9 Å². The van der Waals surface area contributed by atoms with Crippen LogP contribution in [-0.2, 0) is 9.53 Å². The van der Waals surface area contributed by atoms with Gasteiger partial charge in [-0.05, 0) is 31.9 Å². The number of ether oxygens (including phenoxy) is 2. The van der Waals surface area contributed by atoms with Crippen LogP contribution in [0.15, 0.2) is 30.6 Å². The quantitative estimate of drug-likeness (QED) is 0.551. The Kier molecular flexibility index (Phi) is 6.13. The van der Waals surface area contributed by atoms with Gasteiger partial charge in [-0.15, -0.1) is 0 Å². The van der Waals surface area contributed by atoms with Gasteiger partial charge in [0.1, 0.15) is 11.3 Å². The van der Waals surface area contributed by atoms with E-state index in [1.165, 1.54) is 0 Å². The first kappa shape index (κ1) is 16.2. The molecule has 0 aliphatic heterocycles. The summed E-state index contributed by atoms with van der Waals surface area (Å²) in [5, 5.41) is 0. The Morgan fingerprint density at radius 1 is 1.23 bits per heavy atom. The van der Waals surface area contributed by atoms with Crippen LogP contribution < -0.4 is 4.74 Å². The van der Waals surface area contributed by atoms with Crippen molar-refractivity contribution in [3.05, 3.63) is 30.6 Å². The first-order valence-electron chi connectivity index (χ1n) is 7.72. The highest BCUT2D eigenvalue weighted by molar-refractivity contribution is 5.81. The summed E-state index contributed by atoms with van der Waals surface area (Å²) >= 11 is 0. The SMILES string of the molecule is CCCCCC(C)OC(=O)COc1cccc2nccnc12. The van der Waals surface area contributed by atoms with Crippen molar-refractivity contribution >= 4 is 17.0 Å². The molecule has 0 saturated carbocycles. The normalized spacial score (nSPS) is 12.1. The van der Waals surface area contributed by atoms with Crippen LogP contribution in [0.3, 0.4) is 0 Å². The molecule has 1 aromatic heterocycles. The number of esters is 1. The number of carbonyl (C=O) groups excluding carboxylic acids is 1. The van der Waals surface area contributed by atoms with Crippen LogP contribution in [0.25, 0.3) is 11.0 Å². The standard InChI is InChI=1S/C17H22N2O3/c1-3-4-5-7-13(2)22-16(20)12-21-15-9-6-8-14-17(15)19-11-10-18-14/h6,8-11,13H,3-5,7,12H2,1-2H3. The van der Waals surface area contributed by atoms with Crippen LogP contribution >= 0.6 is 0 Å². The average molecular weight is 302 g/mol. The maximum absolute atomic E-state index is 11.8. The third-order valence-electron chi connectivity index (χ3n) is 3.35. The van der Waals surface area contributed by atoms with E-state index >= 15 is 0 Å².